The van der Waals surface area contributed by atoms with E-state index in [1.165, 1.54) is 18.6 Å². The van der Waals surface area contributed by atoms with Crippen LogP contribution in [0.2, 0.25) is 0 Å². The fraction of sp³-hybridized carbons (Fsp3) is 0.105. The van der Waals surface area contributed by atoms with Crippen molar-refractivity contribution in [3.63, 3.8) is 0 Å². The minimum Gasteiger partial charge on any atom is -0.405 e. The summed E-state index contributed by atoms with van der Waals surface area (Å²) in [5, 5.41) is 5.30. The molecule has 0 aliphatic rings. The standard InChI is InChI=1S/C19H23N7O/c1-4-13(11-21)14-9-15(12(3)23-8-6-7-20)17-16(10-14)24-18(25-17)26-19(27)22-5-2/h4,6-11H,1,3,5,20-21H2,2H3,(H3,22,24,25,26,27)/b7-6-,13-11+,23-8?. The molecule has 7 N–H and O–H groups in total. The van der Waals surface area contributed by atoms with Crippen LogP contribution in [-0.4, -0.2) is 28.8 Å². The van der Waals surface area contributed by atoms with E-state index in [1.54, 1.807) is 12.2 Å². The second-order valence-electron chi connectivity index (χ2n) is 5.43. The maximum absolute atomic E-state index is 11.8. The molecule has 1 aromatic heterocycles. The molecular formula is C19H23N7O. The van der Waals surface area contributed by atoms with Gasteiger partial charge in [0.15, 0.2) is 0 Å². The van der Waals surface area contributed by atoms with Crippen molar-refractivity contribution >= 4 is 40.5 Å². The topological polar surface area (TPSA) is 134 Å². The summed E-state index contributed by atoms with van der Waals surface area (Å²) < 4.78 is 0. The van der Waals surface area contributed by atoms with Gasteiger partial charge in [-0.2, -0.15) is 0 Å². The number of nitrogens with two attached hydrogens (primary N) is 2. The van der Waals surface area contributed by atoms with E-state index in [4.69, 9.17) is 11.5 Å². The number of carbonyl (C=O) groups is 1. The van der Waals surface area contributed by atoms with E-state index >= 15 is 0 Å². The van der Waals surface area contributed by atoms with Gasteiger partial charge in [-0.3, -0.25) is 10.3 Å². The minimum absolute atomic E-state index is 0.310. The van der Waals surface area contributed by atoms with Crippen LogP contribution in [0.4, 0.5) is 10.7 Å². The van der Waals surface area contributed by atoms with Crippen LogP contribution in [0.15, 0.2) is 54.8 Å². The van der Waals surface area contributed by atoms with E-state index in [9.17, 15) is 4.79 Å². The first-order valence-corrected chi connectivity index (χ1v) is 8.27. The molecule has 0 aliphatic heterocycles. The number of urea groups is 1. The fourth-order valence-electron chi connectivity index (χ4n) is 2.41. The number of imidazole rings is 1. The minimum atomic E-state index is -0.350. The fourth-order valence-corrected chi connectivity index (χ4v) is 2.41. The SMILES string of the molecule is C=C/C(=C\N)c1cc(C(=C)N=C/C=C\N)c2nc(NC(=O)NCC)[nH]c2c1. The van der Waals surface area contributed by atoms with Crippen LogP contribution < -0.4 is 22.1 Å². The molecule has 0 spiro atoms. The number of benzene rings is 1. The number of H-pyrrole nitrogens is 1. The quantitative estimate of drug-likeness (QED) is 0.381. The molecule has 1 heterocycles. The molecule has 0 radical (unpaired) electrons. The molecule has 2 aromatic rings. The van der Waals surface area contributed by atoms with Crippen molar-refractivity contribution in [3.8, 4) is 0 Å². The largest absolute Gasteiger partial charge is 0.405 e. The van der Waals surface area contributed by atoms with E-state index in [0.717, 1.165) is 11.1 Å². The number of fused-ring (bicyclic) bond motifs is 1. The Kier molecular flexibility index (Phi) is 6.54. The normalized spacial score (nSPS) is 12.0. The first kappa shape index (κ1) is 19.5. The van der Waals surface area contributed by atoms with Gasteiger partial charge in [0.1, 0.15) is 0 Å². The van der Waals surface area contributed by atoms with Gasteiger partial charge in [0, 0.05) is 24.5 Å². The van der Waals surface area contributed by atoms with Crippen LogP contribution in [0.1, 0.15) is 18.1 Å². The smallest absolute Gasteiger partial charge is 0.321 e. The Bertz CT molecular complexity index is 950. The highest BCUT2D eigenvalue weighted by Crippen LogP contribution is 2.29. The van der Waals surface area contributed by atoms with Gasteiger partial charge in [-0.1, -0.05) is 19.2 Å². The summed E-state index contributed by atoms with van der Waals surface area (Å²) in [6, 6.07) is 3.38. The number of rotatable bonds is 7. The summed E-state index contributed by atoms with van der Waals surface area (Å²) in [6.07, 6.45) is 7.62. The van der Waals surface area contributed by atoms with Crippen molar-refractivity contribution < 1.29 is 4.79 Å². The molecule has 0 saturated carbocycles. The average Bonchev–Trinajstić information content (AvgIpc) is 3.04. The Morgan fingerprint density at radius 1 is 1.41 bits per heavy atom. The summed E-state index contributed by atoms with van der Waals surface area (Å²) in [4.78, 5) is 23.6. The highest BCUT2D eigenvalue weighted by Gasteiger charge is 2.14. The molecule has 2 amide bonds. The van der Waals surface area contributed by atoms with Gasteiger partial charge >= 0.3 is 6.03 Å². The molecule has 2 rings (SSSR count). The van der Waals surface area contributed by atoms with E-state index in [0.29, 0.717) is 34.8 Å². The molecule has 0 saturated heterocycles. The first-order chi connectivity index (χ1) is 13.0. The summed E-state index contributed by atoms with van der Waals surface area (Å²) in [6.45, 7) is 10.1. The van der Waals surface area contributed by atoms with Crippen LogP contribution in [-0.2, 0) is 0 Å². The number of carbonyl (C=O) groups excluding carboxylic acids is 1. The number of nitrogens with one attached hydrogen (secondary N) is 3. The predicted octanol–water partition coefficient (Wildman–Crippen LogP) is 2.70. The molecule has 0 unspecified atom stereocenters. The summed E-state index contributed by atoms with van der Waals surface area (Å²) >= 11 is 0. The second kappa shape index (κ2) is 9.04. The number of aromatic amines is 1. The Hall–Kier alpha value is -3.81. The third kappa shape index (κ3) is 4.63. The molecule has 8 heteroatoms. The van der Waals surface area contributed by atoms with Crippen molar-refractivity contribution in [1.82, 2.24) is 15.3 Å². The second-order valence-corrected chi connectivity index (χ2v) is 5.43. The monoisotopic (exact) mass is 365 g/mol. The number of nitrogens with zero attached hydrogens (tertiary/aromatic N) is 2. The maximum atomic E-state index is 11.8. The van der Waals surface area contributed by atoms with Crippen LogP contribution in [0.5, 0.6) is 0 Å². The lowest BCUT2D eigenvalue weighted by atomic mass is 10.0. The molecular weight excluding hydrogens is 342 g/mol. The Balaban J connectivity index is 2.58. The van der Waals surface area contributed by atoms with Crippen molar-refractivity contribution in [2.24, 2.45) is 16.5 Å². The van der Waals surface area contributed by atoms with Gasteiger partial charge in [0.05, 0.1) is 16.7 Å². The average molecular weight is 365 g/mol. The Labute approximate surface area is 157 Å². The molecule has 27 heavy (non-hydrogen) atoms. The Morgan fingerprint density at radius 3 is 2.81 bits per heavy atom. The molecule has 0 bridgehead atoms. The van der Waals surface area contributed by atoms with E-state index in [2.05, 4.69) is 38.8 Å². The van der Waals surface area contributed by atoms with Crippen LogP contribution in [0, 0.1) is 0 Å². The third-order valence-corrected chi connectivity index (χ3v) is 3.63. The summed E-state index contributed by atoms with van der Waals surface area (Å²) in [7, 11) is 0. The van der Waals surface area contributed by atoms with Gasteiger partial charge in [0.2, 0.25) is 5.95 Å². The lowest BCUT2D eigenvalue weighted by Gasteiger charge is -2.07. The Morgan fingerprint density at radius 2 is 2.19 bits per heavy atom. The van der Waals surface area contributed by atoms with E-state index in [1.807, 2.05) is 19.1 Å². The van der Waals surface area contributed by atoms with E-state index < -0.39 is 0 Å². The maximum Gasteiger partial charge on any atom is 0.321 e. The van der Waals surface area contributed by atoms with Crippen molar-refractivity contribution in [3.05, 3.63) is 61.0 Å². The third-order valence-electron chi connectivity index (χ3n) is 3.63. The molecule has 1 aromatic carbocycles. The van der Waals surface area contributed by atoms with Gasteiger partial charge in [-0.05, 0) is 42.5 Å². The van der Waals surface area contributed by atoms with Crippen molar-refractivity contribution in [2.45, 2.75) is 6.92 Å². The number of aliphatic imine (C=N–C) groups is 1. The molecule has 0 atom stereocenters. The lowest BCUT2D eigenvalue weighted by molar-refractivity contribution is 0.252. The van der Waals surface area contributed by atoms with Gasteiger partial charge < -0.3 is 21.8 Å². The summed E-state index contributed by atoms with van der Waals surface area (Å²) in [5.41, 5.74) is 15.0. The highest BCUT2D eigenvalue weighted by molar-refractivity contribution is 5.96. The zero-order valence-corrected chi connectivity index (χ0v) is 15.1. The van der Waals surface area contributed by atoms with E-state index in [-0.39, 0.29) is 6.03 Å². The molecule has 0 aliphatic carbocycles. The zero-order valence-electron chi connectivity index (χ0n) is 15.1. The van der Waals surface area contributed by atoms with Crippen LogP contribution in [0.25, 0.3) is 22.3 Å². The van der Waals surface area contributed by atoms with Crippen LogP contribution >= 0.6 is 0 Å². The zero-order chi connectivity index (χ0) is 19.8. The first-order valence-electron chi connectivity index (χ1n) is 8.27. The number of allylic oxidation sites excluding steroid dienone is 3. The lowest BCUT2D eigenvalue weighted by Crippen LogP contribution is -2.28. The van der Waals surface area contributed by atoms with Crippen molar-refractivity contribution in [1.29, 1.82) is 0 Å². The predicted molar refractivity (Wildman–Crippen MR) is 112 cm³/mol. The van der Waals surface area contributed by atoms with Gasteiger partial charge in [-0.15, -0.1) is 0 Å². The number of aromatic nitrogens is 2. The summed E-state index contributed by atoms with van der Waals surface area (Å²) in [5.74, 6) is 0.310. The molecule has 0 fully saturated rings. The van der Waals surface area contributed by atoms with Crippen LogP contribution in [0.3, 0.4) is 0 Å². The molecule has 8 nitrogen and oxygen atoms in total. The number of hydrogen-bond donors (Lipinski definition) is 5. The number of amides is 2. The number of hydrogen-bond acceptors (Lipinski definition) is 5. The van der Waals surface area contributed by atoms with Gasteiger partial charge in [0.25, 0.3) is 0 Å². The van der Waals surface area contributed by atoms with Crippen molar-refractivity contribution in [2.75, 3.05) is 11.9 Å². The number of anilines is 1. The molecule has 140 valence electrons. The highest BCUT2D eigenvalue weighted by atomic mass is 16.2. The van der Waals surface area contributed by atoms with Gasteiger partial charge in [-0.25, -0.2) is 9.78 Å².